The quantitative estimate of drug-likeness (QED) is 0.345. The van der Waals surface area contributed by atoms with Gasteiger partial charge in [0.15, 0.2) is 11.7 Å². The summed E-state index contributed by atoms with van der Waals surface area (Å²) < 4.78 is 24.8. The normalized spacial score (nSPS) is 14.9. The first-order chi connectivity index (χ1) is 18.9. The molecular formula is C29H36FN5O4S. The van der Waals surface area contributed by atoms with Gasteiger partial charge in [-0.25, -0.2) is 4.39 Å². The van der Waals surface area contributed by atoms with Gasteiger partial charge in [0.2, 0.25) is 0 Å². The summed E-state index contributed by atoms with van der Waals surface area (Å²) in [7, 11) is 0. The molecule has 11 heteroatoms. The van der Waals surface area contributed by atoms with Gasteiger partial charge in [0.1, 0.15) is 22.2 Å². The maximum Gasteiger partial charge on any atom is 0.273 e. The second-order valence-electron chi connectivity index (χ2n) is 11.2. The number of benzene rings is 1. The zero-order valence-electron chi connectivity index (χ0n) is 23.3. The van der Waals surface area contributed by atoms with Crippen molar-refractivity contribution < 1.29 is 23.2 Å². The standard InChI is InChI=1S/C29H36FN5O4S/c1-17-14-15-21(39-17)24(27(37)33-29(2,3)4)35(16-18-10-8-9-13-20(18)30)28(38)25-22(31)23(34-40-25)26(36)32-19-11-6-5-7-12-19/h8-10,13-15,19,24H,5-7,11-12,16,31H2,1-4H3,(H,32,36)(H,33,37). The minimum absolute atomic E-state index is 0.0121. The highest BCUT2D eigenvalue weighted by Crippen LogP contribution is 2.32. The number of furan rings is 1. The third kappa shape index (κ3) is 6.88. The van der Waals surface area contributed by atoms with E-state index in [9.17, 15) is 18.8 Å². The number of carbonyl (C=O) groups is 3. The summed E-state index contributed by atoms with van der Waals surface area (Å²) in [6.45, 7) is 6.92. The van der Waals surface area contributed by atoms with Crippen LogP contribution in [0.25, 0.3) is 0 Å². The van der Waals surface area contributed by atoms with Crippen LogP contribution >= 0.6 is 11.5 Å². The molecule has 0 saturated heterocycles. The second kappa shape index (κ2) is 12.2. The van der Waals surface area contributed by atoms with Crippen molar-refractivity contribution in [2.45, 2.75) is 84.0 Å². The highest BCUT2D eigenvalue weighted by molar-refractivity contribution is 7.09. The Bertz CT molecular complexity index is 1370. The molecule has 4 rings (SSSR count). The molecule has 9 nitrogen and oxygen atoms in total. The van der Waals surface area contributed by atoms with Crippen molar-refractivity contribution in [2.75, 3.05) is 5.73 Å². The fourth-order valence-electron chi connectivity index (χ4n) is 4.80. The molecule has 2 heterocycles. The van der Waals surface area contributed by atoms with E-state index in [2.05, 4.69) is 15.0 Å². The van der Waals surface area contributed by atoms with Crippen LogP contribution in [-0.2, 0) is 11.3 Å². The van der Waals surface area contributed by atoms with Crippen LogP contribution in [0.3, 0.4) is 0 Å². The lowest BCUT2D eigenvalue weighted by Crippen LogP contribution is -2.49. The van der Waals surface area contributed by atoms with Crippen LogP contribution in [0.15, 0.2) is 40.8 Å². The molecule has 4 N–H and O–H groups in total. The maximum atomic E-state index is 14.8. The van der Waals surface area contributed by atoms with Gasteiger partial charge in [-0.05, 0) is 70.3 Å². The summed E-state index contributed by atoms with van der Waals surface area (Å²) in [5.74, 6) is -1.40. The summed E-state index contributed by atoms with van der Waals surface area (Å²) in [5, 5.41) is 5.88. The fourth-order valence-corrected chi connectivity index (χ4v) is 5.55. The predicted octanol–water partition coefficient (Wildman–Crippen LogP) is 5.13. The Hall–Kier alpha value is -3.73. The van der Waals surface area contributed by atoms with E-state index in [0.717, 1.165) is 43.6 Å². The molecule has 2 aromatic heterocycles. The minimum Gasteiger partial charge on any atom is -0.464 e. The molecule has 0 radical (unpaired) electrons. The number of carbonyl (C=O) groups excluding carboxylic acids is 3. The molecule has 1 unspecified atom stereocenters. The molecule has 1 aliphatic carbocycles. The molecule has 1 saturated carbocycles. The maximum absolute atomic E-state index is 14.8. The fraction of sp³-hybridized carbons (Fsp3) is 0.448. The number of amides is 3. The number of nitrogens with two attached hydrogens (primary N) is 1. The molecule has 40 heavy (non-hydrogen) atoms. The van der Waals surface area contributed by atoms with Crippen molar-refractivity contribution in [1.29, 1.82) is 0 Å². The predicted molar refractivity (Wildman–Crippen MR) is 151 cm³/mol. The van der Waals surface area contributed by atoms with Gasteiger partial charge in [-0.2, -0.15) is 4.37 Å². The Labute approximate surface area is 237 Å². The van der Waals surface area contributed by atoms with E-state index in [0.29, 0.717) is 5.76 Å². The number of nitrogens with zero attached hydrogens (tertiary/aromatic N) is 2. The third-order valence-electron chi connectivity index (χ3n) is 6.73. The van der Waals surface area contributed by atoms with Gasteiger partial charge in [0.25, 0.3) is 17.7 Å². The molecule has 3 aromatic rings. The lowest BCUT2D eigenvalue weighted by molar-refractivity contribution is -0.128. The zero-order valence-corrected chi connectivity index (χ0v) is 24.1. The molecule has 214 valence electrons. The van der Waals surface area contributed by atoms with Gasteiger partial charge >= 0.3 is 0 Å². The molecule has 3 amide bonds. The van der Waals surface area contributed by atoms with Crippen molar-refractivity contribution in [1.82, 2.24) is 19.9 Å². The highest BCUT2D eigenvalue weighted by Gasteiger charge is 2.38. The average Bonchev–Trinajstić information content (AvgIpc) is 3.49. The molecule has 1 aromatic carbocycles. The Kier molecular flexibility index (Phi) is 8.92. The van der Waals surface area contributed by atoms with Crippen LogP contribution < -0.4 is 16.4 Å². The lowest BCUT2D eigenvalue weighted by atomic mass is 9.95. The van der Waals surface area contributed by atoms with Gasteiger partial charge in [-0.3, -0.25) is 14.4 Å². The van der Waals surface area contributed by atoms with E-state index in [1.165, 1.54) is 11.0 Å². The first-order valence-electron chi connectivity index (χ1n) is 13.4. The van der Waals surface area contributed by atoms with Gasteiger partial charge in [0.05, 0.1) is 12.2 Å². The average molecular weight is 570 g/mol. The molecule has 0 spiro atoms. The van der Waals surface area contributed by atoms with Crippen LogP contribution in [0.4, 0.5) is 10.1 Å². The van der Waals surface area contributed by atoms with Crippen molar-refractivity contribution >= 4 is 34.9 Å². The zero-order chi connectivity index (χ0) is 29.0. The topological polar surface area (TPSA) is 131 Å². The number of halogens is 1. The van der Waals surface area contributed by atoms with Crippen LogP contribution in [0, 0.1) is 12.7 Å². The number of aromatic nitrogens is 1. The Morgan fingerprint density at radius 3 is 2.48 bits per heavy atom. The largest absolute Gasteiger partial charge is 0.464 e. The smallest absolute Gasteiger partial charge is 0.273 e. The number of hydrogen-bond acceptors (Lipinski definition) is 7. The van der Waals surface area contributed by atoms with Gasteiger partial charge in [-0.1, -0.05) is 37.5 Å². The van der Waals surface area contributed by atoms with Crippen molar-refractivity contribution in [3.8, 4) is 0 Å². The lowest BCUT2D eigenvalue weighted by Gasteiger charge is -2.32. The number of hydrogen-bond donors (Lipinski definition) is 3. The first-order valence-corrected chi connectivity index (χ1v) is 14.2. The van der Waals surface area contributed by atoms with Gasteiger partial charge in [-0.15, -0.1) is 0 Å². The molecule has 1 aliphatic rings. The highest BCUT2D eigenvalue weighted by atomic mass is 32.1. The van der Waals surface area contributed by atoms with Gasteiger partial charge < -0.3 is 25.7 Å². The van der Waals surface area contributed by atoms with Crippen LogP contribution in [0.1, 0.15) is 96.2 Å². The summed E-state index contributed by atoms with van der Waals surface area (Å²) in [6.07, 6.45) is 4.98. The van der Waals surface area contributed by atoms with E-state index >= 15 is 0 Å². The Balaban J connectivity index is 1.73. The summed E-state index contributed by atoms with van der Waals surface area (Å²) in [5.41, 5.74) is 5.80. The Morgan fingerprint density at radius 1 is 1.15 bits per heavy atom. The number of nitrogen functional groups attached to an aromatic ring is 1. The minimum atomic E-state index is -1.25. The van der Waals surface area contributed by atoms with Crippen LogP contribution in [0.5, 0.6) is 0 Å². The summed E-state index contributed by atoms with van der Waals surface area (Å²) >= 11 is 0.777. The molecular weight excluding hydrogens is 533 g/mol. The molecule has 1 fully saturated rings. The van der Waals surface area contributed by atoms with E-state index < -0.39 is 35.1 Å². The van der Waals surface area contributed by atoms with Crippen molar-refractivity contribution in [3.63, 3.8) is 0 Å². The molecule has 0 aliphatic heterocycles. The van der Waals surface area contributed by atoms with E-state index in [1.54, 1.807) is 37.3 Å². The molecule has 1 atom stereocenters. The van der Waals surface area contributed by atoms with E-state index in [1.807, 2.05) is 20.8 Å². The Morgan fingerprint density at radius 2 is 1.85 bits per heavy atom. The van der Waals surface area contributed by atoms with Crippen LogP contribution in [0.2, 0.25) is 0 Å². The third-order valence-corrected chi connectivity index (χ3v) is 7.58. The van der Waals surface area contributed by atoms with Gasteiger partial charge in [0, 0.05) is 17.1 Å². The summed E-state index contributed by atoms with van der Waals surface area (Å²) in [6, 6.07) is 8.11. The van der Waals surface area contributed by atoms with E-state index in [-0.39, 0.29) is 40.2 Å². The molecule has 0 bridgehead atoms. The number of anilines is 1. The van der Waals surface area contributed by atoms with E-state index in [4.69, 9.17) is 10.2 Å². The number of rotatable bonds is 8. The summed E-state index contributed by atoms with van der Waals surface area (Å²) in [4.78, 5) is 42.0. The number of aryl methyl sites for hydroxylation is 1. The second-order valence-corrected chi connectivity index (χ2v) is 12.0. The van der Waals surface area contributed by atoms with Crippen molar-refractivity contribution in [3.05, 3.63) is 69.9 Å². The van der Waals surface area contributed by atoms with Crippen molar-refractivity contribution in [2.24, 2.45) is 0 Å². The number of nitrogens with one attached hydrogen (secondary N) is 2. The SMILES string of the molecule is Cc1ccc(C(C(=O)NC(C)(C)C)N(Cc2ccccc2F)C(=O)c2snc(C(=O)NC3CCCCC3)c2N)o1. The van der Waals surface area contributed by atoms with Crippen LogP contribution in [-0.4, -0.2) is 38.6 Å². The monoisotopic (exact) mass is 569 g/mol. The first kappa shape index (κ1) is 29.3.